The highest BCUT2D eigenvalue weighted by molar-refractivity contribution is 7.91. The summed E-state index contributed by atoms with van der Waals surface area (Å²) in [5.41, 5.74) is -1.71. The van der Waals surface area contributed by atoms with Crippen molar-refractivity contribution >= 4 is 33.0 Å². The van der Waals surface area contributed by atoms with Crippen LogP contribution in [0.3, 0.4) is 0 Å². The first-order chi connectivity index (χ1) is 7.89. The average Bonchev–Trinajstić information content (AvgIpc) is 2.74. The quantitative estimate of drug-likeness (QED) is 0.523. The minimum Gasteiger partial charge on any atom is -0.394 e. The molecule has 1 aromatic rings. The second-order valence-corrected chi connectivity index (χ2v) is 6.81. The molecule has 0 saturated carbocycles. The van der Waals surface area contributed by atoms with E-state index in [4.69, 9.17) is 26.9 Å². The zero-order valence-corrected chi connectivity index (χ0v) is 10.9. The highest BCUT2D eigenvalue weighted by Gasteiger charge is 2.34. The Morgan fingerprint density at radius 2 is 1.88 bits per heavy atom. The molecule has 7 nitrogen and oxygen atoms in total. The smallest absolute Gasteiger partial charge is 0.252 e. The van der Waals surface area contributed by atoms with Gasteiger partial charge in [0.05, 0.1) is 26.0 Å². The molecule has 0 aromatic carbocycles. The number of hydrogen-bond acceptors (Lipinski definition) is 7. The van der Waals surface area contributed by atoms with Gasteiger partial charge in [0.2, 0.25) is 0 Å². The number of nitrogens with one attached hydrogen (secondary N) is 1. The lowest BCUT2D eigenvalue weighted by Crippen LogP contribution is -2.56. The molecule has 0 aliphatic heterocycles. The number of sulfonamides is 1. The number of halogens is 1. The zero-order valence-electron chi connectivity index (χ0n) is 8.50. The van der Waals surface area contributed by atoms with Gasteiger partial charge in [-0.05, 0) is 0 Å². The summed E-state index contributed by atoms with van der Waals surface area (Å²) in [6, 6.07) is 0. The predicted molar refractivity (Wildman–Crippen MR) is 61.4 cm³/mol. The molecule has 0 spiro atoms. The van der Waals surface area contributed by atoms with Gasteiger partial charge in [0.1, 0.15) is 5.54 Å². The van der Waals surface area contributed by atoms with Gasteiger partial charge in [-0.2, -0.15) is 4.72 Å². The van der Waals surface area contributed by atoms with Crippen LogP contribution in [0.5, 0.6) is 0 Å². The number of thiazole rings is 1. The number of aliphatic hydroxyl groups is 3. The van der Waals surface area contributed by atoms with Crippen molar-refractivity contribution in [2.45, 2.75) is 9.75 Å². The van der Waals surface area contributed by atoms with Crippen LogP contribution in [-0.4, -0.2) is 54.1 Å². The van der Waals surface area contributed by atoms with Crippen LogP contribution in [0.1, 0.15) is 0 Å². The highest BCUT2D eigenvalue weighted by atomic mass is 35.5. The van der Waals surface area contributed by atoms with Crippen molar-refractivity contribution < 1.29 is 23.7 Å². The zero-order chi connectivity index (χ0) is 13.1. The molecule has 0 unspecified atom stereocenters. The molecule has 98 valence electrons. The number of nitrogens with zero attached hydrogens (tertiary/aromatic N) is 1. The molecule has 0 aliphatic carbocycles. The largest absolute Gasteiger partial charge is 0.394 e. The van der Waals surface area contributed by atoms with Gasteiger partial charge in [-0.1, -0.05) is 22.9 Å². The van der Waals surface area contributed by atoms with Crippen molar-refractivity contribution in [1.82, 2.24) is 9.71 Å². The summed E-state index contributed by atoms with van der Waals surface area (Å²) in [6.07, 6.45) is 1.05. The third-order valence-corrected chi connectivity index (χ3v) is 5.13. The van der Waals surface area contributed by atoms with E-state index in [0.29, 0.717) is 0 Å². The fourth-order valence-electron chi connectivity index (χ4n) is 0.946. The Morgan fingerprint density at radius 1 is 1.35 bits per heavy atom. The summed E-state index contributed by atoms with van der Waals surface area (Å²) >= 11 is 6.23. The van der Waals surface area contributed by atoms with Crippen LogP contribution >= 0.6 is 22.9 Å². The molecule has 0 saturated heterocycles. The van der Waals surface area contributed by atoms with E-state index in [2.05, 4.69) is 4.98 Å². The molecule has 0 amide bonds. The molecular formula is C7H11ClN2O5S2. The van der Waals surface area contributed by atoms with Crippen molar-refractivity contribution in [2.24, 2.45) is 0 Å². The third kappa shape index (κ3) is 3.35. The molecule has 0 bridgehead atoms. The van der Waals surface area contributed by atoms with Crippen molar-refractivity contribution in [3.05, 3.63) is 10.7 Å². The van der Waals surface area contributed by atoms with Crippen LogP contribution in [0.4, 0.5) is 0 Å². The Morgan fingerprint density at radius 3 is 2.24 bits per heavy atom. The number of hydrogen-bond donors (Lipinski definition) is 4. The maximum Gasteiger partial charge on any atom is 0.252 e. The van der Waals surface area contributed by atoms with E-state index < -0.39 is 35.4 Å². The van der Waals surface area contributed by atoms with E-state index in [0.717, 1.165) is 17.5 Å². The summed E-state index contributed by atoms with van der Waals surface area (Å²) in [5.74, 6) is 0. The number of aromatic nitrogens is 1. The van der Waals surface area contributed by atoms with Gasteiger partial charge in [-0.25, -0.2) is 13.4 Å². The van der Waals surface area contributed by atoms with Crippen molar-refractivity contribution in [2.75, 3.05) is 19.8 Å². The Labute approximate surface area is 107 Å². The molecule has 1 heterocycles. The molecule has 1 aromatic heterocycles. The van der Waals surface area contributed by atoms with Gasteiger partial charge >= 0.3 is 0 Å². The maximum atomic E-state index is 11.8. The maximum absolute atomic E-state index is 11.8. The third-order valence-electron chi connectivity index (χ3n) is 1.98. The van der Waals surface area contributed by atoms with Gasteiger partial charge in [0.15, 0.2) is 8.68 Å². The molecule has 4 N–H and O–H groups in total. The van der Waals surface area contributed by atoms with E-state index in [9.17, 15) is 8.42 Å². The summed E-state index contributed by atoms with van der Waals surface area (Å²) in [4.78, 5) is 3.57. The lowest BCUT2D eigenvalue weighted by atomic mass is 10.1. The van der Waals surface area contributed by atoms with Gasteiger partial charge < -0.3 is 15.3 Å². The van der Waals surface area contributed by atoms with Crippen molar-refractivity contribution in [3.8, 4) is 0 Å². The van der Waals surface area contributed by atoms with Crippen LogP contribution in [-0.2, 0) is 10.0 Å². The molecule has 0 fully saturated rings. The Kier molecular flexibility index (Phi) is 4.84. The average molecular weight is 303 g/mol. The lowest BCUT2D eigenvalue weighted by Gasteiger charge is -2.27. The Balaban J connectivity index is 3.00. The highest BCUT2D eigenvalue weighted by Crippen LogP contribution is 2.23. The van der Waals surface area contributed by atoms with Gasteiger partial charge in [-0.3, -0.25) is 0 Å². The van der Waals surface area contributed by atoms with Crippen LogP contribution in [0.25, 0.3) is 0 Å². The Bertz CT molecular complexity index is 462. The van der Waals surface area contributed by atoms with Gasteiger partial charge in [0, 0.05) is 0 Å². The Hall–Kier alpha value is -0.290. The minimum absolute atomic E-state index is 0.0490. The monoisotopic (exact) mass is 302 g/mol. The van der Waals surface area contributed by atoms with Crippen LogP contribution in [0.2, 0.25) is 4.47 Å². The molecule has 0 atom stereocenters. The van der Waals surface area contributed by atoms with E-state index in [1.807, 2.05) is 4.72 Å². The first-order valence-corrected chi connectivity index (χ1v) is 7.05. The molecule has 10 heteroatoms. The van der Waals surface area contributed by atoms with E-state index in [1.54, 1.807) is 0 Å². The summed E-state index contributed by atoms with van der Waals surface area (Å²) < 4.78 is 25.5. The molecule has 0 aliphatic rings. The first-order valence-electron chi connectivity index (χ1n) is 4.37. The lowest BCUT2D eigenvalue weighted by molar-refractivity contribution is 0.0582. The summed E-state index contributed by atoms with van der Waals surface area (Å²) in [6.45, 7) is -2.23. The minimum atomic E-state index is -3.99. The van der Waals surface area contributed by atoms with Crippen molar-refractivity contribution in [1.29, 1.82) is 0 Å². The predicted octanol–water partition coefficient (Wildman–Crippen LogP) is -1.21. The number of aliphatic hydroxyl groups excluding tert-OH is 3. The molecule has 0 radical (unpaired) electrons. The van der Waals surface area contributed by atoms with E-state index >= 15 is 0 Å². The second kappa shape index (κ2) is 5.57. The van der Waals surface area contributed by atoms with Crippen LogP contribution in [0, 0.1) is 0 Å². The van der Waals surface area contributed by atoms with Crippen LogP contribution < -0.4 is 4.72 Å². The fourth-order valence-corrected chi connectivity index (χ4v) is 3.61. The fraction of sp³-hybridized carbons (Fsp3) is 0.571. The van der Waals surface area contributed by atoms with E-state index in [1.165, 1.54) is 0 Å². The van der Waals surface area contributed by atoms with Crippen LogP contribution in [0.15, 0.2) is 10.4 Å². The second-order valence-electron chi connectivity index (χ2n) is 3.29. The van der Waals surface area contributed by atoms with Gasteiger partial charge in [0.25, 0.3) is 10.0 Å². The number of rotatable bonds is 6. The molecule has 1 rings (SSSR count). The summed E-state index contributed by atoms with van der Waals surface area (Å²) in [5, 5.41) is 27.0. The first kappa shape index (κ1) is 14.8. The molecule has 17 heavy (non-hydrogen) atoms. The topological polar surface area (TPSA) is 120 Å². The molecular weight excluding hydrogens is 292 g/mol. The SMILES string of the molecule is O=S(=O)(NC(CO)(CO)CO)c1cnc(Cl)s1. The van der Waals surface area contributed by atoms with E-state index in [-0.39, 0.29) is 8.68 Å². The standard InChI is InChI=1S/C7H11ClN2O5S2/c8-6-9-1-5(16-6)17(14,15)10-7(2-11,3-12)4-13/h1,10-13H,2-4H2. The summed E-state index contributed by atoms with van der Waals surface area (Å²) in [7, 11) is -3.99. The normalized spacial score (nSPS) is 12.9. The van der Waals surface area contributed by atoms with Gasteiger partial charge in [-0.15, -0.1) is 0 Å². The van der Waals surface area contributed by atoms with Crippen molar-refractivity contribution in [3.63, 3.8) is 0 Å².